The van der Waals surface area contributed by atoms with Crippen LogP contribution in [0.4, 0.5) is 0 Å². The predicted octanol–water partition coefficient (Wildman–Crippen LogP) is 1.54. The highest BCUT2D eigenvalue weighted by molar-refractivity contribution is 5.03. The number of hydrogen-bond acceptors (Lipinski definition) is 3. The zero-order chi connectivity index (χ0) is 13.0. The Bertz CT molecular complexity index is 485. The van der Waals surface area contributed by atoms with E-state index in [0.717, 1.165) is 26.2 Å². The van der Waals surface area contributed by atoms with E-state index in [-0.39, 0.29) is 0 Å². The van der Waals surface area contributed by atoms with Crippen LogP contribution in [-0.4, -0.2) is 38.1 Å². The molecule has 0 unspecified atom stereocenters. The average Bonchev–Trinajstić information content (AvgIpc) is 2.96. The predicted molar refractivity (Wildman–Crippen MR) is 71.2 cm³/mol. The van der Waals surface area contributed by atoms with Crippen LogP contribution in [0, 0.1) is 6.92 Å². The van der Waals surface area contributed by atoms with Gasteiger partial charge in [-0.3, -0.25) is 9.36 Å². The summed E-state index contributed by atoms with van der Waals surface area (Å²) in [6.45, 7) is 7.95. The first-order chi connectivity index (χ1) is 8.69. The minimum absolute atomic E-state index is 0.927. The summed E-state index contributed by atoms with van der Waals surface area (Å²) in [6, 6.07) is 2.03. The molecule has 5 nitrogen and oxygen atoms in total. The maximum atomic E-state index is 4.29. The van der Waals surface area contributed by atoms with Gasteiger partial charge >= 0.3 is 0 Å². The van der Waals surface area contributed by atoms with Crippen LogP contribution < -0.4 is 0 Å². The normalized spacial score (nSPS) is 11.3. The fourth-order valence-electron chi connectivity index (χ4n) is 1.95. The molecule has 2 rings (SSSR count). The van der Waals surface area contributed by atoms with E-state index in [4.69, 9.17) is 0 Å². The molecule has 0 aliphatic heterocycles. The molecule has 2 aromatic heterocycles. The van der Waals surface area contributed by atoms with Gasteiger partial charge in [0.15, 0.2) is 0 Å². The summed E-state index contributed by atoms with van der Waals surface area (Å²) >= 11 is 0. The van der Waals surface area contributed by atoms with E-state index >= 15 is 0 Å². The molecule has 2 heterocycles. The number of aromatic nitrogens is 4. The molecular formula is C13H21N5. The lowest BCUT2D eigenvalue weighted by Gasteiger charge is -2.16. The van der Waals surface area contributed by atoms with Crippen molar-refractivity contribution < 1.29 is 0 Å². The van der Waals surface area contributed by atoms with E-state index in [0.29, 0.717) is 0 Å². The maximum absolute atomic E-state index is 4.29. The molecule has 2 aromatic rings. The number of hydrogen-bond donors (Lipinski definition) is 0. The largest absolute Gasteiger partial charge is 0.300 e. The second-order valence-corrected chi connectivity index (χ2v) is 4.64. The van der Waals surface area contributed by atoms with Crippen LogP contribution >= 0.6 is 0 Å². The van der Waals surface area contributed by atoms with Crippen LogP contribution in [0.25, 0.3) is 0 Å². The molecule has 0 spiro atoms. The smallest absolute Gasteiger partial charge is 0.0539 e. The standard InChI is InChI=1S/C13H21N5/c1-4-17-11-13(9-15-17)10-16(3)7-8-18-12(2)5-6-14-18/h5-6,9,11H,4,7-8,10H2,1-3H3. The molecule has 5 heteroatoms. The van der Waals surface area contributed by atoms with Crippen LogP contribution in [-0.2, 0) is 19.6 Å². The van der Waals surface area contributed by atoms with Crippen molar-refractivity contribution >= 4 is 0 Å². The lowest BCUT2D eigenvalue weighted by Crippen LogP contribution is -2.23. The summed E-state index contributed by atoms with van der Waals surface area (Å²) in [5, 5.41) is 8.57. The van der Waals surface area contributed by atoms with Gasteiger partial charge in [-0.1, -0.05) is 0 Å². The maximum Gasteiger partial charge on any atom is 0.0539 e. The van der Waals surface area contributed by atoms with Crippen molar-refractivity contribution in [2.24, 2.45) is 0 Å². The minimum Gasteiger partial charge on any atom is -0.300 e. The van der Waals surface area contributed by atoms with Crippen molar-refractivity contribution in [3.63, 3.8) is 0 Å². The molecule has 0 amide bonds. The van der Waals surface area contributed by atoms with Crippen molar-refractivity contribution in [3.8, 4) is 0 Å². The molecular weight excluding hydrogens is 226 g/mol. The topological polar surface area (TPSA) is 38.9 Å². The summed E-state index contributed by atoms with van der Waals surface area (Å²) < 4.78 is 3.99. The molecule has 98 valence electrons. The van der Waals surface area contributed by atoms with E-state index in [9.17, 15) is 0 Å². The third-order valence-corrected chi connectivity index (χ3v) is 3.09. The fourth-order valence-corrected chi connectivity index (χ4v) is 1.95. The van der Waals surface area contributed by atoms with Crippen molar-refractivity contribution in [2.75, 3.05) is 13.6 Å². The van der Waals surface area contributed by atoms with Gasteiger partial charge in [-0.05, 0) is 27.0 Å². The van der Waals surface area contributed by atoms with Gasteiger partial charge < -0.3 is 4.90 Å². The van der Waals surface area contributed by atoms with E-state index in [1.165, 1.54) is 11.3 Å². The molecule has 0 aliphatic carbocycles. The van der Waals surface area contributed by atoms with Gasteiger partial charge in [0.05, 0.1) is 12.7 Å². The zero-order valence-electron chi connectivity index (χ0n) is 11.4. The summed E-state index contributed by atoms with van der Waals surface area (Å²) in [5.74, 6) is 0. The Morgan fingerprint density at radius 2 is 2.17 bits per heavy atom. The Hall–Kier alpha value is -1.62. The van der Waals surface area contributed by atoms with Gasteiger partial charge in [0, 0.05) is 43.3 Å². The van der Waals surface area contributed by atoms with Crippen LogP contribution in [0.2, 0.25) is 0 Å². The first kappa shape index (κ1) is 12.8. The minimum atomic E-state index is 0.927. The summed E-state index contributed by atoms with van der Waals surface area (Å²) in [6.07, 6.45) is 5.90. The molecule has 0 N–H and O–H groups in total. The Morgan fingerprint density at radius 1 is 1.33 bits per heavy atom. The summed E-state index contributed by atoms with van der Waals surface area (Å²) in [7, 11) is 2.13. The van der Waals surface area contributed by atoms with Gasteiger partial charge in [-0.2, -0.15) is 10.2 Å². The molecule has 0 atom stereocenters. The monoisotopic (exact) mass is 247 g/mol. The second kappa shape index (κ2) is 5.82. The third-order valence-electron chi connectivity index (χ3n) is 3.09. The quantitative estimate of drug-likeness (QED) is 0.777. The Kier molecular flexibility index (Phi) is 4.15. The summed E-state index contributed by atoms with van der Waals surface area (Å²) in [5.41, 5.74) is 2.47. The highest BCUT2D eigenvalue weighted by atomic mass is 15.3. The van der Waals surface area contributed by atoms with E-state index < -0.39 is 0 Å². The number of aryl methyl sites for hydroxylation is 2. The van der Waals surface area contributed by atoms with E-state index in [2.05, 4.69) is 42.2 Å². The van der Waals surface area contributed by atoms with E-state index in [1.54, 1.807) is 0 Å². The molecule has 0 fully saturated rings. The third kappa shape index (κ3) is 3.20. The second-order valence-electron chi connectivity index (χ2n) is 4.64. The van der Waals surface area contributed by atoms with Crippen molar-refractivity contribution in [1.29, 1.82) is 0 Å². The molecule has 0 saturated carbocycles. The lowest BCUT2D eigenvalue weighted by atomic mass is 10.3. The first-order valence-electron chi connectivity index (χ1n) is 6.37. The number of rotatable bonds is 6. The Morgan fingerprint density at radius 3 is 2.78 bits per heavy atom. The zero-order valence-corrected chi connectivity index (χ0v) is 11.4. The van der Waals surface area contributed by atoms with Crippen molar-refractivity contribution in [3.05, 3.63) is 35.9 Å². The van der Waals surface area contributed by atoms with Crippen LogP contribution in [0.3, 0.4) is 0 Å². The van der Waals surface area contributed by atoms with Gasteiger partial charge in [0.2, 0.25) is 0 Å². The molecule has 0 aliphatic rings. The van der Waals surface area contributed by atoms with Gasteiger partial charge in [-0.15, -0.1) is 0 Å². The summed E-state index contributed by atoms with van der Waals surface area (Å²) in [4.78, 5) is 2.29. The Labute approximate surface area is 108 Å². The highest BCUT2D eigenvalue weighted by Gasteiger charge is 2.04. The molecule has 0 saturated heterocycles. The SMILES string of the molecule is CCn1cc(CN(C)CCn2nccc2C)cn1. The number of nitrogens with zero attached hydrogens (tertiary/aromatic N) is 5. The molecule has 18 heavy (non-hydrogen) atoms. The van der Waals surface area contributed by atoms with Crippen LogP contribution in [0.15, 0.2) is 24.7 Å². The lowest BCUT2D eigenvalue weighted by molar-refractivity contribution is 0.304. The number of likely N-dealkylation sites (N-methyl/N-ethyl adjacent to an activating group) is 1. The van der Waals surface area contributed by atoms with Gasteiger partial charge in [0.25, 0.3) is 0 Å². The van der Waals surface area contributed by atoms with Gasteiger partial charge in [0.1, 0.15) is 0 Å². The highest BCUT2D eigenvalue weighted by Crippen LogP contribution is 2.03. The Balaban J connectivity index is 1.81. The average molecular weight is 247 g/mol. The van der Waals surface area contributed by atoms with E-state index in [1.807, 2.05) is 27.8 Å². The molecule has 0 bridgehead atoms. The van der Waals surface area contributed by atoms with Crippen LogP contribution in [0.1, 0.15) is 18.2 Å². The van der Waals surface area contributed by atoms with Crippen LogP contribution in [0.5, 0.6) is 0 Å². The van der Waals surface area contributed by atoms with Crippen molar-refractivity contribution in [1.82, 2.24) is 24.5 Å². The van der Waals surface area contributed by atoms with Gasteiger partial charge in [-0.25, -0.2) is 0 Å². The van der Waals surface area contributed by atoms with Crippen molar-refractivity contribution in [2.45, 2.75) is 33.5 Å². The molecule has 0 aromatic carbocycles. The first-order valence-corrected chi connectivity index (χ1v) is 6.37. The molecule has 0 radical (unpaired) electrons. The fraction of sp³-hybridized carbons (Fsp3) is 0.538.